The number of phenolic OH excluding ortho intramolecular Hbond substituents is 1. The van der Waals surface area contributed by atoms with Gasteiger partial charge in [0, 0.05) is 19.2 Å². The number of nitriles is 1. The largest absolute Gasteiger partial charge is 0.507 e. The molecule has 2 aromatic rings. The van der Waals surface area contributed by atoms with Crippen molar-refractivity contribution in [2.24, 2.45) is 0 Å². The summed E-state index contributed by atoms with van der Waals surface area (Å²) in [5.41, 5.74) is 1.12. The fraction of sp³-hybridized carbons (Fsp3) is 0.417. The highest BCUT2D eigenvalue weighted by atomic mass is 32.2. The smallest absolute Gasteiger partial charge is 0.337 e. The van der Waals surface area contributed by atoms with Crippen molar-refractivity contribution in [3.63, 3.8) is 0 Å². The molecule has 2 aromatic carbocycles. The van der Waals surface area contributed by atoms with E-state index < -0.39 is 26.6 Å². The first-order valence-electron chi connectivity index (χ1n) is 11.2. The zero-order chi connectivity index (χ0) is 24.7. The number of unbranched alkanes of at least 4 members (excludes halogenated alkanes) is 1. The van der Waals surface area contributed by atoms with Crippen LogP contribution in [0.2, 0.25) is 0 Å². The molecule has 0 bridgehead atoms. The van der Waals surface area contributed by atoms with Crippen LogP contribution in [0.3, 0.4) is 0 Å². The van der Waals surface area contributed by atoms with Crippen LogP contribution in [0.15, 0.2) is 41.3 Å². The third kappa shape index (κ3) is 5.79. The summed E-state index contributed by atoms with van der Waals surface area (Å²) in [6.45, 7) is 0.857. The van der Waals surface area contributed by atoms with E-state index in [1.54, 1.807) is 12.1 Å². The molecule has 0 saturated carbocycles. The van der Waals surface area contributed by atoms with E-state index in [1.807, 2.05) is 6.07 Å². The van der Waals surface area contributed by atoms with Crippen LogP contribution in [-0.4, -0.2) is 50.9 Å². The van der Waals surface area contributed by atoms with Crippen LogP contribution in [0.4, 0.5) is 11.4 Å². The predicted molar refractivity (Wildman–Crippen MR) is 127 cm³/mol. The number of carbonyl (C=O) groups is 1. The van der Waals surface area contributed by atoms with Gasteiger partial charge in [0.25, 0.3) is 10.0 Å². The highest BCUT2D eigenvalue weighted by Crippen LogP contribution is 2.36. The summed E-state index contributed by atoms with van der Waals surface area (Å²) in [5.74, 6) is -1.25. The summed E-state index contributed by atoms with van der Waals surface area (Å²) in [7, 11) is -3.13. The van der Waals surface area contributed by atoms with Gasteiger partial charge in [0.1, 0.15) is 10.6 Å². The molecular formula is C24H29N3O6S. The number of hydrogen-bond donors (Lipinski definition) is 3. The Morgan fingerprint density at radius 1 is 1.24 bits per heavy atom. The number of benzene rings is 2. The SMILES string of the molecule is COC(=O)c1ccc(O)c(S(=O)(=O)Nc2cc(C#N)ccc2N2CCCCC2CCCCO)c1. The van der Waals surface area contributed by atoms with Crippen LogP contribution >= 0.6 is 0 Å². The van der Waals surface area contributed by atoms with Crippen molar-refractivity contribution in [3.05, 3.63) is 47.5 Å². The maximum atomic E-state index is 13.3. The minimum atomic E-state index is -4.31. The molecule has 3 rings (SSSR count). The lowest BCUT2D eigenvalue weighted by Crippen LogP contribution is -2.40. The molecule has 1 fully saturated rings. The molecule has 3 N–H and O–H groups in total. The van der Waals surface area contributed by atoms with Gasteiger partial charge in [0.05, 0.1) is 35.7 Å². The van der Waals surface area contributed by atoms with Gasteiger partial charge >= 0.3 is 5.97 Å². The molecule has 0 radical (unpaired) electrons. The third-order valence-electron chi connectivity index (χ3n) is 5.92. The average molecular weight is 488 g/mol. The highest BCUT2D eigenvalue weighted by molar-refractivity contribution is 7.92. The van der Waals surface area contributed by atoms with Crippen LogP contribution < -0.4 is 9.62 Å². The second-order valence-corrected chi connectivity index (χ2v) is 9.84. The second-order valence-electron chi connectivity index (χ2n) is 8.19. The van der Waals surface area contributed by atoms with E-state index in [2.05, 4.69) is 14.4 Å². The van der Waals surface area contributed by atoms with E-state index >= 15 is 0 Å². The van der Waals surface area contributed by atoms with Crippen molar-refractivity contribution < 1.29 is 28.2 Å². The molecule has 1 aliphatic heterocycles. The van der Waals surface area contributed by atoms with Gasteiger partial charge in [-0.25, -0.2) is 13.2 Å². The molecule has 0 aliphatic carbocycles. The lowest BCUT2D eigenvalue weighted by atomic mass is 9.96. The average Bonchev–Trinajstić information content (AvgIpc) is 2.84. The fourth-order valence-corrected chi connectivity index (χ4v) is 5.41. The number of anilines is 2. The third-order valence-corrected chi connectivity index (χ3v) is 7.32. The van der Waals surface area contributed by atoms with E-state index in [9.17, 15) is 23.6 Å². The number of methoxy groups -OCH3 is 1. The fourth-order valence-electron chi connectivity index (χ4n) is 4.22. The molecule has 0 aromatic heterocycles. The Morgan fingerprint density at radius 2 is 2.03 bits per heavy atom. The molecule has 1 saturated heterocycles. The Kier molecular flexibility index (Phi) is 8.36. The summed E-state index contributed by atoms with van der Waals surface area (Å²) in [4.78, 5) is 13.5. The second kappa shape index (κ2) is 11.2. The first kappa shape index (κ1) is 25.3. The van der Waals surface area contributed by atoms with Crippen LogP contribution in [-0.2, 0) is 14.8 Å². The minimum Gasteiger partial charge on any atom is -0.507 e. The van der Waals surface area contributed by atoms with Crippen molar-refractivity contribution in [1.82, 2.24) is 0 Å². The van der Waals surface area contributed by atoms with Gasteiger partial charge < -0.3 is 19.8 Å². The van der Waals surface area contributed by atoms with E-state index in [1.165, 1.54) is 19.2 Å². The zero-order valence-electron chi connectivity index (χ0n) is 19.0. The number of phenols is 1. The van der Waals surface area contributed by atoms with Gasteiger partial charge in [-0.15, -0.1) is 0 Å². The Hall–Kier alpha value is -3.29. The van der Waals surface area contributed by atoms with Crippen molar-refractivity contribution in [1.29, 1.82) is 5.26 Å². The van der Waals surface area contributed by atoms with E-state index in [-0.39, 0.29) is 29.5 Å². The number of esters is 1. The summed E-state index contributed by atoms with van der Waals surface area (Å²) < 4.78 is 33.7. The Labute approximate surface area is 199 Å². The maximum Gasteiger partial charge on any atom is 0.337 e. The van der Waals surface area contributed by atoms with Crippen LogP contribution in [0, 0.1) is 11.3 Å². The number of nitrogens with zero attached hydrogens (tertiary/aromatic N) is 2. The van der Waals surface area contributed by atoms with E-state index in [0.717, 1.165) is 50.8 Å². The molecule has 34 heavy (non-hydrogen) atoms. The van der Waals surface area contributed by atoms with Crippen LogP contribution in [0.25, 0.3) is 0 Å². The van der Waals surface area contributed by atoms with Gasteiger partial charge in [-0.1, -0.05) is 0 Å². The van der Waals surface area contributed by atoms with E-state index in [0.29, 0.717) is 12.1 Å². The molecule has 1 heterocycles. The maximum absolute atomic E-state index is 13.3. The molecule has 1 atom stereocenters. The van der Waals surface area contributed by atoms with Crippen molar-refractivity contribution >= 4 is 27.4 Å². The number of aromatic hydroxyl groups is 1. The van der Waals surface area contributed by atoms with Crippen LogP contribution in [0.5, 0.6) is 5.75 Å². The zero-order valence-corrected chi connectivity index (χ0v) is 19.8. The van der Waals surface area contributed by atoms with Gasteiger partial charge in [-0.05, 0) is 74.9 Å². The minimum absolute atomic E-state index is 0.0216. The van der Waals surface area contributed by atoms with Crippen molar-refractivity contribution in [2.75, 3.05) is 29.9 Å². The van der Waals surface area contributed by atoms with Gasteiger partial charge in [0.15, 0.2) is 0 Å². The monoisotopic (exact) mass is 487 g/mol. The topological polar surface area (TPSA) is 140 Å². The molecule has 0 spiro atoms. The first-order chi connectivity index (χ1) is 16.3. The number of sulfonamides is 1. The van der Waals surface area contributed by atoms with Gasteiger partial charge in [-0.2, -0.15) is 5.26 Å². The molecule has 1 unspecified atom stereocenters. The number of aliphatic hydroxyl groups is 1. The molecule has 0 amide bonds. The Balaban J connectivity index is 2.00. The Bertz CT molecular complexity index is 1180. The van der Waals surface area contributed by atoms with Gasteiger partial charge in [-0.3, -0.25) is 4.72 Å². The number of ether oxygens (including phenoxy) is 1. The van der Waals surface area contributed by atoms with E-state index in [4.69, 9.17) is 5.11 Å². The summed E-state index contributed by atoms with van der Waals surface area (Å²) in [5, 5.41) is 28.8. The Morgan fingerprint density at radius 3 is 2.74 bits per heavy atom. The number of carbonyl (C=O) groups excluding carboxylic acids is 1. The normalized spacial score (nSPS) is 16.0. The van der Waals surface area contributed by atoms with Crippen molar-refractivity contribution in [2.45, 2.75) is 49.5 Å². The standard InChI is InChI=1S/C24H29N3O6S/c1-33-24(30)18-9-11-22(29)23(15-18)34(31,32)26-20-14-17(16-25)8-10-21(20)27-12-4-2-6-19(27)7-3-5-13-28/h8-11,14-15,19,26,28-29H,2-7,12-13H2,1H3. The summed E-state index contributed by atoms with van der Waals surface area (Å²) in [6, 6.07) is 10.5. The molecule has 182 valence electrons. The highest BCUT2D eigenvalue weighted by Gasteiger charge is 2.27. The number of nitrogens with one attached hydrogen (secondary N) is 1. The lowest BCUT2D eigenvalue weighted by molar-refractivity contribution is 0.0600. The molecule has 10 heteroatoms. The number of aliphatic hydroxyl groups excluding tert-OH is 1. The van der Waals surface area contributed by atoms with Crippen LogP contribution in [0.1, 0.15) is 54.4 Å². The van der Waals surface area contributed by atoms with Gasteiger partial charge in [0.2, 0.25) is 0 Å². The first-order valence-corrected chi connectivity index (χ1v) is 12.6. The number of piperidine rings is 1. The molecular weight excluding hydrogens is 458 g/mol. The number of hydrogen-bond acceptors (Lipinski definition) is 8. The number of rotatable bonds is 9. The predicted octanol–water partition coefficient (Wildman–Crippen LogP) is 3.37. The molecule has 1 aliphatic rings. The van der Waals surface area contributed by atoms with Crippen molar-refractivity contribution in [3.8, 4) is 11.8 Å². The lowest BCUT2D eigenvalue weighted by Gasteiger charge is -2.39. The quantitative estimate of drug-likeness (QED) is 0.361. The summed E-state index contributed by atoms with van der Waals surface area (Å²) in [6.07, 6.45) is 5.36. The summed E-state index contributed by atoms with van der Waals surface area (Å²) >= 11 is 0. The molecule has 9 nitrogen and oxygen atoms in total.